The molecule has 0 aromatic rings. The summed E-state index contributed by atoms with van der Waals surface area (Å²) in [5.74, 6) is -8.60. The molecule has 4 saturated heterocycles. The predicted molar refractivity (Wildman–Crippen MR) is 199 cm³/mol. The number of esters is 9. The van der Waals surface area contributed by atoms with Crippen molar-refractivity contribution >= 4 is 65.3 Å². The van der Waals surface area contributed by atoms with Crippen molar-refractivity contribution in [3.05, 3.63) is 0 Å². The Hall–Kier alpha value is -4.76. The number of halogens is 1. The van der Waals surface area contributed by atoms with Crippen molar-refractivity contribution in [3.63, 3.8) is 0 Å². The lowest BCUT2D eigenvalue weighted by molar-refractivity contribution is -0.352. The fraction of sp³-hybridized carbons (Fsp3) is 0.763. The number of carbonyl (C=O) groups excluding carboxylic acids is 9. The quantitative estimate of drug-likeness (QED) is 0.0978. The van der Waals surface area contributed by atoms with E-state index in [2.05, 4.69) is 0 Å². The zero-order chi connectivity index (χ0) is 47.6. The fourth-order valence-corrected chi connectivity index (χ4v) is 7.25. The summed E-state index contributed by atoms with van der Waals surface area (Å²) in [6.07, 6.45) is -24.3. The lowest BCUT2D eigenvalue weighted by Crippen LogP contribution is -2.66. The van der Waals surface area contributed by atoms with Crippen molar-refractivity contribution in [2.24, 2.45) is 0 Å². The molecule has 4 heterocycles. The highest BCUT2D eigenvalue weighted by Gasteiger charge is 2.60. The molecule has 0 spiro atoms. The van der Waals surface area contributed by atoms with Crippen LogP contribution < -0.4 is 0 Å². The molecule has 360 valence electrons. The van der Waals surface area contributed by atoms with Crippen LogP contribution in [0.2, 0.25) is 0 Å². The summed E-state index contributed by atoms with van der Waals surface area (Å²) in [4.78, 5) is 111. The van der Waals surface area contributed by atoms with Crippen LogP contribution in [0.5, 0.6) is 0 Å². The number of ether oxygens (including phenoxy) is 16. The first-order valence-corrected chi connectivity index (χ1v) is 20.2. The van der Waals surface area contributed by atoms with Crippen molar-refractivity contribution < 1.29 is 119 Å². The molecule has 26 heteroatoms. The zero-order valence-electron chi connectivity index (χ0n) is 36.2. The van der Waals surface area contributed by atoms with Gasteiger partial charge in [0.05, 0.1) is 6.61 Å². The average Bonchev–Trinajstić information content (AvgIpc) is 3.55. The molecule has 0 amide bonds. The van der Waals surface area contributed by atoms with Crippen molar-refractivity contribution in [2.75, 3.05) is 25.7 Å². The van der Waals surface area contributed by atoms with Crippen molar-refractivity contribution in [1.82, 2.24) is 0 Å². The maximum Gasteiger partial charge on any atom is 0.320 e. The standard InChI is InChI=1S/C38H51ClO25/c1-14(40)49-11-23-27(52-15(2)41)31(56-19(6)45)34(58-21(8)47)38(63-23)64-32-29(54-17(4)43)25(62-37-35(32)59-22(9)60-37)13-51-36-33(57-20(7)46)30(55-18(5)44)28(53-16(3)42)24(61-36)12-50-26(48)10-39/h22-25,27-38H,10-13H2,1-9H3/t22?,23-,24-,25-,27-,28-,29-,30+,31+,32+,33-,34-,35-,36+,37+,38-/m1/s1. The monoisotopic (exact) mass is 942 g/mol. The highest BCUT2D eigenvalue weighted by Crippen LogP contribution is 2.39. The maximum absolute atomic E-state index is 12.8. The SMILES string of the molecule is CC(=O)OC[C@H]1O[C@H](O[C@@H]2[C@H]3OC(C)O[C@H]3O[C@H](CO[C@H]3O[C@H](COC(=O)CCl)[C@@H](OC(C)=O)[C@H](OC(C)=O)[C@H]3OC(C)=O)[C@H]2OC(C)=O)[C@H](OC(C)=O)[C@@H](OC(C)=O)[C@@H]1OC(C)=O. The van der Waals surface area contributed by atoms with Gasteiger partial charge >= 0.3 is 53.7 Å². The van der Waals surface area contributed by atoms with Crippen LogP contribution in [-0.4, -0.2) is 178 Å². The first-order chi connectivity index (χ1) is 30.1. The van der Waals surface area contributed by atoms with Gasteiger partial charge in [0.25, 0.3) is 0 Å². The van der Waals surface area contributed by atoms with Gasteiger partial charge in [0, 0.05) is 55.4 Å². The van der Waals surface area contributed by atoms with Crippen molar-refractivity contribution in [1.29, 1.82) is 0 Å². The Morgan fingerprint density at radius 1 is 0.422 bits per heavy atom. The van der Waals surface area contributed by atoms with Crippen LogP contribution in [0.3, 0.4) is 0 Å². The lowest BCUT2D eigenvalue weighted by atomic mass is 9.96. The van der Waals surface area contributed by atoms with E-state index in [1.165, 1.54) is 6.92 Å². The van der Waals surface area contributed by atoms with E-state index in [0.29, 0.717) is 0 Å². The molecule has 4 rings (SSSR count). The molecule has 16 atom stereocenters. The van der Waals surface area contributed by atoms with Crippen LogP contribution in [0.1, 0.15) is 62.3 Å². The molecule has 1 unspecified atom stereocenters. The maximum atomic E-state index is 12.8. The topological polar surface area (TPSA) is 301 Å². The number of rotatable bonds is 17. The molecule has 0 bridgehead atoms. The van der Waals surface area contributed by atoms with Gasteiger partial charge in [-0.2, -0.15) is 0 Å². The molecule has 0 aromatic heterocycles. The molecule has 0 aromatic carbocycles. The Morgan fingerprint density at radius 2 is 0.812 bits per heavy atom. The molecule has 4 aliphatic rings. The van der Waals surface area contributed by atoms with E-state index in [-0.39, 0.29) is 0 Å². The second-order valence-electron chi connectivity index (χ2n) is 14.5. The number of fused-ring (bicyclic) bond motifs is 1. The minimum absolute atomic E-state index is 0.571. The second-order valence-corrected chi connectivity index (χ2v) is 14.8. The Morgan fingerprint density at radius 3 is 1.27 bits per heavy atom. The molecule has 0 aliphatic carbocycles. The summed E-state index contributed by atoms with van der Waals surface area (Å²) < 4.78 is 91.7. The summed E-state index contributed by atoms with van der Waals surface area (Å²) in [7, 11) is 0. The number of hydrogen-bond donors (Lipinski definition) is 0. The molecule has 4 aliphatic heterocycles. The molecular formula is C38H51ClO25. The minimum atomic E-state index is -1.81. The summed E-state index contributed by atoms with van der Waals surface area (Å²) in [6, 6.07) is 0. The largest absolute Gasteiger partial charge is 0.463 e. The normalized spacial score (nSPS) is 34.4. The molecule has 64 heavy (non-hydrogen) atoms. The summed E-state index contributed by atoms with van der Waals surface area (Å²) in [6.45, 7) is 7.92. The van der Waals surface area contributed by atoms with Gasteiger partial charge in [0.1, 0.15) is 49.6 Å². The molecule has 0 N–H and O–H groups in total. The van der Waals surface area contributed by atoms with Crippen LogP contribution in [0.15, 0.2) is 0 Å². The van der Waals surface area contributed by atoms with E-state index < -0.39 is 178 Å². The van der Waals surface area contributed by atoms with E-state index >= 15 is 0 Å². The second kappa shape index (κ2) is 23.4. The summed E-state index contributed by atoms with van der Waals surface area (Å²) in [5.41, 5.74) is 0. The lowest BCUT2D eigenvalue weighted by Gasteiger charge is -2.48. The highest BCUT2D eigenvalue weighted by molar-refractivity contribution is 6.26. The van der Waals surface area contributed by atoms with Crippen LogP contribution in [-0.2, 0) is 119 Å². The van der Waals surface area contributed by atoms with E-state index in [1.807, 2.05) is 0 Å². The average molecular weight is 943 g/mol. The van der Waals surface area contributed by atoms with Crippen LogP contribution in [0.4, 0.5) is 0 Å². The van der Waals surface area contributed by atoms with Crippen LogP contribution >= 0.6 is 11.6 Å². The number of alkyl halides is 1. The first kappa shape index (κ1) is 51.9. The Bertz CT molecular complexity index is 1720. The van der Waals surface area contributed by atoms with Gasteiger partial charge in [-0.1, -0.05) is 0 Å². The summed E-state index contributed by atoms with van der Waals surface area (Å²) in [5, 5.41) is 0. The molecule has 0 radical (unpaired) electrons. The van der Waals surface area contributed by atoms with Gasteiger partial charge in [-0.3, -0.25) is 43.2 Å². The van der Waals surface area contributed by atoms with Crippen LogP contribution in [0.25, 0.3) is 0 Å². The first-order valence-electron chi connectivity index (χ1n) is 19.7. The highest BCUT2D eigenvalue weighted by atomic mass is 35.5. The van der Waals surface area contributed by atoms with Gasteiger partial charge in [0.2, 0.25) is 0 Å². The summed E-state index contributed by atoms with van der Waals surface area (Å²) >= 11 is 5.60. The Kier molecular flexibility index (Phi) is 19.0. The third kappa shape index (κ3) is 14.4. The predicted octanol–water partition coefficient (Wildman–Crippen LogP) is -0.809. The van der Waals surface area contributed by atoms with E-state index in [4.69, 9.17) is 87.4 Å². The minimum Gasteiger partial charge on any atom is -0.463 e. The smallest absolute Gasteiger partial charge is 0.320 e. The van der Waals surface area contributed by atoms with Crippen LogP contribution in [0, 0.1) is 0 Å². The molecule has 25 nitrogen and oxygen atoms in total. The van der Waals surface area contributed by atoms with Gasteiger partial charge < -0.3 is 75.8 Å². The number of hydrogen-bond acceptors (Lipinski definition) is 25. The van der Waals surface area contributed by atoms with Gasteiger partial charge in [-0.25, -0.2) is 0 Å². The van der Waals surface area contributed by atoms with Crippen molar-refractivity contribution in [2.45, 2.75) is 161 Å². The molecular weight excluding hydrogens is 892 g/mol. The van der Waals surface area contributed by atoms with Crippen molar-refractivity contribution in [3.8, 4) is 0 Å². The van der Waals surface area contributed by atoms with E-state index in [0.717, 1.165) is 55.4 Å². The molecule has 0 saturated carbocycles. The van der Waals surface area contributed by atoms with Gasteiger partial charge in [-0.15, -0.1) is 11.6 Å². The third-order valence-corrected chi connectivity index (χ3v) is 9.47. The fourth-order valence-electron chi connectivity index (χ4n) is 7.18. The van der Waals surface area contributed by atoms with Gasteiger partial charge in [0.15, 0.2) is 67.9 Å². The zero-order valence-corrected chi connectivity index (χ0v) is 36.9. The van der Waals surface area contributed by atoms with Gasteiger partial charge in [-0.05, 0) is 6.92 Å². The third-order valence-electron chi connectivity index (χ3n) is 9.25. The Labute approximate surface area is 370 Å². The Balaban J connectivity index is 1.76. The molecule has 4 fully saturated rings. The van der Waals surface area contributed by atoms with E-state index in [9.17, 15) is 43.2 Å². The number of carbonyl (C=O) groups is 9. The van der Waals surface area contributed by atoms with E-state index in [1.54, 1.807) is 0 Å².